The molecule has 0 aliphatic rings. The molecule has 116 valence electrons. The van der Waals surface area contributed by atoms with Crippen LogP contribution in [0, 0.1) is 6.92 Å². The van der Waals surface area contributed by atoms with Crippen molar-refractivity contribution in [2.75, 3.05) is 13.1 Å². The molecule has 0 fully saturated rings. The highest BCUT2D eigenvalue weighted by Gasteiger charge is 2.21. The molecule has 0 atom stereocenters. The van der Waals surface area contributed by atoms with Gasteiger partial charge < -0.3 is 14.3 Å². The predicted octanol–water partition coefficient (Wildman–Crippen LogP) is 0.602. The molecule has 0 saturated carbocycles. The smallest absolute Gasteiger partial charge is 0.244 e. The minimum atomic E-state index is -3.61. The van der Waals surface area contributed by atoms with Gasteiger partial charge >= 0.3 is 0 Å². The summed E-state index contributed by atoms with van der Waals surface area (Å²) < 4.78 is 36.9. The molecule has 0 aromatic carbocycles. The third kappa shape index (κ3) is 4.13. The molecular weight excluding hydrogens is 296 g/mol. The maximum absolute atomic E-state index is 12.2. The van der Waals surface area contributed by atoms with Crippen LogP contribution in [0.4, 0.5) is 0 Å². The van der Waals surface area contributed by atoms with Gasteiger partial charge in [0, 0.05) is 19.0 Å². The molecule has 0 spiro atoms. The molecule has 21 heavy (non-hydrogen) atoms. The van der Waals surface area contributed by atoms with Crippen LogP contribution in [0.5, 0.6) is 0 Å². The Morgan fingerprint density at radius 3 is 2.86 bits per heavy atom. The maximum Gasteiger partial charge on any atom is 0.244 e. The Kier molecular flexibility index (Phi) is 5.10. The predicted molar refractivity (Wildman–Crippen MR) is 74.0 cm³/mol. The van der Waals surface area contributed by atoms with Crippen molar-refractivity contribution in [2.45, 2.75) is 31.7 Å². The first-order valence-electron chi connectivity index (χ1n) is 6.58. The van der Waals surface area contributed by atoms with Crippen LogP contribution in [0.1, 0.15) is 24.3 Å². The quantitative estimate of drug-likeness (QED) is 0.734. The largest absolute Gasteiger partial charge is 0.464 e. The van der Waals surface area contributed by atoms with Crippen molar-refractivity contribution in [3.63, 3.8) is 0 Å². The minimum Gasteiger partial charge on any atom is -0.464 e. The molecule has 0 aliphatic heterocycles. The molecule has 0 saturated heterocycles. The van der Waals surface area contributed by atoms with Gasteiger partial charge in [-0.2, -0.15) is 4.98 Å². The second kappa shape index (κ2) is 6.83. The standard InChI is InChI=1S/C12H18N4O4S/c1-3-13-7-10-6-11(9(2)20-10)21(17,18)15-5-4-12-14-8-19-16-12/h6,8,13,15H,3-5,7H2,1-2H3. The van der Waals surface area contributed by atoms with Crippen molar-refractivity contribution in [3.8, 4) is 0 Å². The number of nitrogens with one attached hydrogen (secondary N) is 2. The fourth-order valence-electron chi connectivity index (χ4n) is 1.80. The van der Waals surface area contributed by atoms with Gasteiger partial charge in [-0.25, -0.2) is 13.1 Å². The maximum atomic E-state index is 12.2. The van der Waals surface area contributed by atoms with E-state index < -0.39 is 10.0 Å². The molecule has 0 bridgehead atoms. The van der Waals surface area contributed by atoms with Gasteiger partial charge in [-0.15, -0.1) is 0 Å². The first-order valence-corrected chi connectivity index (χ1v) is 8.06. The number of sulfonamides is 1. The normalized spacial score (nSPS) is 11.9. The third-order valence-corrected chi connectivity index (χ3v) is 4.38. The summed E-state index contributed by atoms with van der Waals surface area (Å²) in [6.45, 7) is 5.06. The van der Waals surface area contributed by atoms with E-state index in [-0.39, 0.29) is 11.4 Å². The van der Waals surface area contributed by atoms with Gasteiger partial charge in [0.15, 0.2) is 5.82 Å². The lowest BCUT2D eigenvalue weighted by Gasteiger charge is -2.03. The van der Waals surface area contributed by atoms with Crippen molar-refractivity contribution in [2.24, 2.45) is 0 Å². The van der Waals surface area contributed by atoms with Crippen LogP contribution in [0.2, 0.25) is 0 Å². The first-order chi connectivity index (χ1) is 10.0. The fourth-order valence-corrected chi connectivity index (χ4v) is 3.04. The number of hydrogen-bond donors (Lipinski definition) is 2. The van der Waals surface area contributed by atoms with E-state index in [1.165, 1.54) is 12.5 Å². The lowest BCUT2D eigenvalue weighted by molar-refractivity contribution is 0.409. The molecule has 0 amide bonds. The molecule has 2 rings (SSSR count). The molecule has 0 aliphatic carbocycles. The molecule has 2 N–H and O–H groups in total. The van der Waals surface area contributed by atoms with Crippen molar-refractivity contribution in [1.82, 2.24) is 20.2 Å². The lowest BCUT2D eigenvalue weighted by Crippen LogP contribution is -2.26. The summed E-state index contributed by atoms with van der Waals surface area (Å²) in [6, 6.07) is 1.54. The average Bonchev–Trinajstić information content (AvgIpc) is 3.06. The third-order valence-electron chi connectivity index (χ3n) is 2.81. The van der Waals surface area contributed by atoms with Crippen molar-refractivity contribution in [3.05, 3.63) is 29.8 Å². The molecule has 0 radical (unpaired) electrons. The van der Waals surface area contributed by atoms with Gasteiger partial charge in [-0.05, 0) is 13.5 Å². The minimum absolute atomic E-state index is 0.156. The molecular formula is C12H18N4O4S. The van der Waals surface area contributed by atoms with Gasteiger partial charge in [-0.1, -0.05) is 12.1 Å². The molecule has 2 aromatic heterocycles. The molecule has 8 nitrogen and oxygen atoms in total. The van der Waals surface area contributed by atoms with E-state index in [0.29, 0.717) is 30.3 Å². The highest BCUT2D eigenvalue weighted by molar-refractivity contribution is 7.89. The summed E-state index contributed by atoms with van der Waals surface area (Å²) in [4.78, 5) is 3.98. The summed E-state index contributed by atoms with van der Waals surface area (Å²) >= 11 is 0. The van der Waals surface area contributed by atoms with E-state index in [4.69, 9.17) is 4.42 Å². The Morgan fingerprint density at radius 1 is 1.38 bits per heavy atom. The summed E-state index contributed by atoms with van der Waals surface area (Å²) in [5.74, 6) is 1.41. The van der Waals surface area contributed by atoms with E-state index in [1.807, 2.05) is 6.92 Å². The number of aromatic nitrogens is 2. The van der Waals surface area contributed by atoms with Gasteiger partial charge in [0.05, 0.1) is 6.54 Å². The molecule has 0 unspecified atom stereocenters. The van der Waals surface area contributed by atoms with Crippen LogP contribution in [0.15, 0.2) is 26.3 Å². The van der Waals surface area contributed by atoms with Crippen molar-refractivity contribution >= 4 is 10.0 Å². The van der Waals surface area contributed by atoms with Crippen molar-refractivity contribution < 1.29 is 17.4 Å². The summed E-state index contributed by atoms with van der Waals surface area (Å²) in [5.41, 5.74) is 0. The highest BCUT2D eigenvalue weighted by Crippen LogP contribution is 2.19. The molecule has 9 heteroatoms. The molecule has 2 heterocycles. The fraction of sp³-hybridized carbons (Fsp3) is 0.500. The Balaban J connectivity index is 1.99. The van der Waals surface area contributed by atoms with Crippen LogP contribution in [0.25, 0.3) is 0 Å². The Labute approximate surface area is 123 Å². The van der Waals surface area contributed by atoms with E-state index in [2.05, 4.69) is 24.7 Å². The van der Waals surface area contributed by atoms with Gasteiger partial charge in [0.2, 0.25) is 16.4 Å². The van der Waals surface area contributed by atoms with Crippen molar-refractivity contribution in [1.29, 1.82) is 0 Å². The van der Waals surface area contributed by atoms with Crippen LogP contribution in [-0.4, -0.2) is 31.6 Å². The van der Waals surface area contributed by atoms with Gasteiger partial charge in [0.1, 0.15) is 16.4 Å². The Hall–Kier alpha value is -1.71. The zero-order valence-electron chi connectivity index (χ0n) is 11.9. The number of hydrogen-bond acceptors (Lipinski definition) is 7. The van der Waals surface area contributed by atoms with Crippen LogP contribution >= 0.6 is 0 Å². The number of rotatable bonds is 8. The zero-order chi connectivity index (χ0) is 15.3. The Bertz CT molecular complexity index is 663. The zero-order valence-corrected chi connectivity index (χ0v) is 12.7. The van der Waals surface area contributed by atoms with Crippen LogP contribution in [0.3, 0.4) is 0 Å². The monoisotopic (exact) mass is 314 g/mol. The average molecular weight is 314 g/mol. The molecule has 2 aromatic rings. The van der Waals surface area contributed by atoms with Gasteiger partial charge in [0.25, 0.3) is 0 Å². The second-order valence-corrected chi connectivity index (χ2v) is 6.14. The van der Waals surface area contributed by atoms with Gasteiger partial charge in [-0.3, -0.25) is 0 Å². The van der Waals surface area contributed by atoms with E-state index in [9.17, 15) is 8.42 Å². The van der Waals surface area contributed by atoms with E-state index in [0.717, 1.165) is 6.54 Å². The van der Waals surface area contributed by atoms with E-state index >= 15 is 0 Å². The highest BCUT2D eigenvalue weighted by atomic mass is 32.2. The second-order valence-electron chi connectivity index (χ2n) is 4.41. The number of aryl methyl sites for hydroxylation is 1. The number of nitrogens with zero attached hydrogens (tertiary/aromatic N) is 2. The van der Waals surface area contributed by atoms with Crippen LogP contribution in [-0.2, 0) is 23.0 Å². The first kappa shape index (κ1) is 15.7. The summed E-state index contributed by atoms with van der Waals surface area (Å²) in [6.07, 6.45) is 1.56. The summed E-state index contributed by atoms with van der Waals surface area (Å²) in [7, 11) is -3.61. The lowest BCUT2D eigenvalue weighted by atomic mass is 10.4. The summed E-state index contributed by atoms with van der Waals surface area (Å²) in [5, 5.41) is 6.70. The SMILES string of the molecule is CCNCc1cc(S(=O)(=O)NCCc2ncon2)c(C)o1. The van der Waals surface area contributed by atoms with Crippen LogP contribution < -0.4 is 10.0 Å². The topological polar surface area (TPSA) is 110 Å². The Morgan fingerprint density at radius 2 is 2.19 bits per heavy atom. The number of furan rings is 1. The van der Waals surface area contributed by atoms with E-state index in [1.54, 1.807) is 6.92 Å².